The minimum absolute atomic E-state index is 0.000685. The van der Waals surface area contributed by atoms with Crippen molar-refractivity contribution in [1.29, 1.82) is 0 Å². The summed E-state index contributed by atoms with van der Waals surface area (Å²) in [5.74, 6) is 0.303. The highest BCUT2D eigenvalue weighted by molar-refractivity contribution is 5.96. The van der Waals surface area contributed by atoms with Crippen molar-refractivity contribution in [1.82, 2.24) is 16.0 Å². The number of carbonyl (C=O) groups is 2. The zero-order chi connectivity index (χ0) is 16.4. The second kappa shape index (κ2) is 5.96. The highest BCUT2D eigenvalue weighted by atomic mass is 16.5. The second-order valence-corrected chi connectivity index (χ2v) is 5.13. The molecular formula is C16H15N3O4. The maximum Gasteiger partial charge on any atom is 0.273 e. The minimum atomic E-state index is -0.433. The van der Waals surface area contributed by atoms with E-state index in [1.807, 2.05) is 18.2 Å². The van der Waals surface area contributed by atoms with Crippen molar-refractivity contribution in [3.05, 3.63) is 53.1 Å². The van der Waals surface area contributed by atoms with Gasteiger partial charge in [0.1, 0.15) is 17.2 Å². The summed E-state index contributed by atoms with van der Waals surface area (Å²) in [6.45, 7) is 3.43. The molecule has 0 aliphatic carbocycles. The molecule has 2 heterocycles. The van der Waals surface area contributed by atoms with Crippen LogP contribution in [0.1, 0.15) is 27.6 Å². The van der Waals surface area contributed by atoms with Crippen molar-refractivity contribution in [2.45, 2.75) is 20.3 Å². The van der Waals surface area contributed by atoms with E-state index in [1.165, 1.54) is 0 Å². The van der Waals surface area contributed by atoms with Gasteiger partial charge in [0.15, 0.2) is 5.58 Å². The maximum absolute atomic E-state index is 12.0. The summed E-state index contributed by atoms with van der Waals surface area (Å²) < 4.78 is 10.4. The lowest BCUT2D eigenvalue weighted by molar-refractivity contribution is -0.121. The van der Waals surface area contributed by atoms with Gasteiger partial charge in [-0.15, -0.1) is 0 Å². The fourth-order valence-electron chi connectivity index (χ4n) is 2.31. The Morgan fingerprint density at radius 3 is 2.70 bits per heavy atom. The van der Waals surface area contributed by atoms with Gasteiger partial charge >= 0.3 is 0 Å². The Morgan fingerprint density at radius 2 is 1.96 bits per heavy atom. The topological polar surface area (TPSA) is 97.4 Å². The SMILES string of the molecule is Cc1cc(C(=O)NNC(=O)Cc2noc3ccccc23)c(C)o1. The number of amides is 2. The molecule has 7 heteroatoms. The van der Waals surface area contributed by atoms with E-state index in [0.29, 0.717) is 28.4 Å². The number of aryl methyl sites for hydroxylation is 2. The third kappa shape index (κ3) is 3.08. The molecule has 0 aliphatic heterocycles. The van der Waals surface area contributed by atoms with Gasteiger partial charge in [-0.25, -0.2) is 0 Å². The van der Waals surface area contributed by atoms with E-state index in [-0.39, 0.29) is 6.42 Å². The summed E-state index contributed by atoms with van der Waals surface area (Å²) in [7, 11) is 0. The Kier molecular flexibility index (Phi) is 3.84. The normalized spacial score (nSPS) is 10.7. The van der Waals surface area contributed by atoms with E-state index in [4.69, 9.17) is 8.94 Å². The average Bonchev–Trinajstić information content (AvgIpc) is 3.08. The number of carbonyl (C=O) groups excluding carboxylic acids is 2. The number of hydrazine groups is 1. The first-order valence-corrected chi connectivity index (χ1v) is 7.04. The van der Waals surface area contributed by atoms with Crippen LogP contribution in [0.3, 0.4) is 0 Å². The minimum Gasteiger partial charge on any atom is -0.466 e. The van der Waals surface area contributed by atoms with E-state index < -0.39 is 11.8 Å². The van der Waals surface area contributed by atoms with E-state index in [1.54, 1.807) is 26.0 Å². The number of furan rings is 1. The predicted molar refractivity (Wildman–Crippen MR) is 81.5 cm³/mol. The standard InChI is InChI=1S/C16H15N3O4/c1-9-7-12(10(2)22-9)16(21)18-17-15(20)8-13-11-5-3-4-6-14(11)23-19-13/h3-7H,8H2,1-2H3,(H,17,20)(H,18,21). The molecule has 0 saturated heterocycles. The molecule has 23 heavy (non-hydrogen) atoms. The van der Waals surface area contributed by atoms with Crippen molar-refractivity contribution in [2.75, 3.05) is 0 Å². The molecule has 0 aliphatic rings. The number of fused-ring (bicyclic) bond motifs is 1. The van der Waals surface area contributed by atoms with Gasteiger partial charge in [0.05, 0.1) is 12.0 Å². The monoisotopic (exact) mass is 313 g/mol. The number of hydrogen-bond acceptors (Lipinski definition) is 5. The van der Waals surface area contributed by atoms with Crippen LogP contribution in [-0.2, 0) is 11.2 Å². The van der Waals surface area contributed by atoms with Crippen LogP contribution >= 0.6 is 0 Å². The largest absolute Gasteiger partial charge is 0.466 e. The van der Waals surface area contributed by atoms with Gasteiger partial charge in [-0.2, -0.15) is 0 Å². The Hall–Kier alpha value is -3.09. The lowest BCUT2D eigenvalue weighted by Gasteiger charge is -2.05. The summed E-state index contributed by atoms with van der Waals surface area (Å²) in [6, 6.07) is 8.88. The van der Waals surface area contributed by atoms with Gasteiger partial charge in [-0.05, 0) is 32.0 Å². The van der Waals surface area contributed by atoms with Crippen LogP contribution in [-0.4, -0.2) is 17.0 Å². The van der Waals surface area contributed by atoms with Gasteiger partial charge in [-0.3, -0.25) is 20.4 Å². The summed E-state index contributed by atoms with van der Waals surface area (Å²) in [6.07, 6.45) is 0.000685. The third-order valence-electron chi connectivity index (χ3n) is 3.38. The van der Waals surface area contributed by atoms with Crippen LogP contribution in [0.15, 0.2) is 39.3 Å². The molecule has 0 bridgehead atoms. The summed E-state index contributed by atoms with van der Waals surface area (Å²) in [4.78, 5) is 23.9. The maximum atomic E-state index is 12.0. The van der Waals surface area contributed by atoms with E-state index >= 15 is 0 Å². The quantitative estimate of drug-likeness (QED) is 0.721. The second-order valence-electron chi connectivity index (χ2n) is 5.13. The lowest BCUT2D eigenvalue weighted by Crippen LogP contribution is -2.42. The van der Waals surface area contributed by atoms with Gasteiger partial charge in [0.25, 0.3) is 5.91 Å². The number of rotatable bonds is 3. The summed E-state index contributed by atoms with van der Waals surface area (Å²) >= 11 is 0. The van der Waals surface area contributed by atoms with Crippen molar-refractivity contribution in [2.24, 2.45) is 0 Å². The molecule has 0 spiro atoms. The number of benzene rings is 1. The molecule has 118 valence electrons. The van der Waals surface area contributed by atoms with Gasteiger partial charge in [0, 0.05) is 5.39 Å². The molecule has 0 unspecified atom stereocenters. The molecule has 3 aromatic rings. The Balaban J connectivity index is 1.61. The molecule has 0 fully saturated rings. The van der Waals surface area contributed by atoms with Crippen LogP contribution in [0.2, 0.25) is 0 Å². The van der Waals surface area contributed by atoms with Gasteiger partial charge in [0.2, 0.25) is 5.91 Å². The lowest BCUT2D eigenvalue weighted by atomic mass is 10.2. The fourth-order valence-corrected chi connectivity index (χ4v) is 2.31. The third-order valence-corrected chi connectivity index (χ3v) is 3.38. The van der Waals surface area contributed by atoms with Crippen molar-refractivity contribution < 1.29 is 18.5 Å². The number of hydrogen-bond donors (Lipinski definition) is 2. The van der Waals surface area contributed by atoms with Crippen LogP contribution in [0.25, 0.3) is 11.0 Å². The Morgan fingerprint density at radius 1 is 1.17 bits per heavy atom. The summed E-state index contributed by atoms with van der Waals surface area (Å²) in [5.41, 5.74) is 6.23. The number of nitrogens with zero attached hydrogens (tertiary/aromatic N) is 1. The molecule has 2 N–H and O–H groups in total. The Bertz CT molecular complexity index is 878. The number of nitrogens with one attached hydrogen (secondary N) is 2. The van der Waals surface area contributed by atoms with Crippen LogP contribution in [0.4, 0.5) is 0 Å². The smallest absolute Gasteiger partial charge is 0.273 e. The molecule has 0 radical (unpaired) electrons. The average molecular weight is 313 g/mol. The first-order chi connectivity index (χ1) is 11.0. The van der Waals surface area contributed by atoms with E-state index in [2.05, 4.69) is 16.0 Å². The number of aromatic nitrogens is 1. The van der Waals surface area contributed by atoms with E-state index in [0.717, 1.165) is 5.39 Å². The van der Waals surface area contributed by atoms with Crippen molar-refractivity contribution in [3.8, 4) is 0 Å². The molecule has 1 aromatic carbocycles. The van der Waals surface area contributed by atoms with Crippen molar-refractivity contribution in [3.63, 3.8) is 0 Å². The highest BCUT2D eigenvalue weighted by Gasteiger charge is 2.16. The zero-order valence-electron chi connectivity index (χ0n) is 12.7. The van der Waals surface area contributed by atoms with Gasteiger partial charge < -0.3 is 8.94 Å². The van der Waals surface area contributed by atoms with Crippen molar-refractivity contribution >= 4 is 22.8 Å². The first kappa shape index (κ1) is 14.8. The molecule has 2 aromatic heterocycles. The Labute approximate surface area is 131 Å². The molecule has 0 saturated carbocycles. The molecular weight excluding hydrogens is 298 g/mol. The fraction of sp³-hybridized carbons (Fsp3) is 0.188. The van der Waals surface area contributed by atoms with Gasteiger partial charge in [-0.1, -0.05) is 17.3 Å². The van der Waals surface area contributed by atoms with E-state index in [9.17, 15) is 9.59 Å². The highest BCUT2D eigenvalue weighted by Crippen LogP contribution is 2.18. The molecule has 0 atom stereocenters. The zero-order valence-corrected chi connectivity index (χ0v) is 12.7. The first-order valence-electron chi connectivity index (χ1n) is 7.04. The van der Waals surface area contributed by atoms with Crippen LogP contribution < -0.4 is 10.9 Å². The molecule has 3 rings (SSSR count). The molecule has 2 amide bonds. The van der Waals surface area contributed by atoms with Crippen LogP contribution in [0, 0.1) is 13.8 Å². The predicted octanol–water partition coefficient (Wildman–Crippen LogP) is 2.04. The summed E-state index contributed by atoms with van der Waals surface area (Å²) in [5, 5.41) is 4.65. The van der Waals surface area contributed by atoms with Crippen LogP contribution in [0.5, 0.6) is 0 Å². The number of para-hydroxylation sites is 1. The molecule has 7 nitrogen and oxygen atoms in total.